The van der Waals surface area contributed by atoms with E-state index < -0.39 is 5.41 Å². The second-order valence-corrected chi connectivity index (χ2v) is 6.04. The highest BCUT2D eigenvalue weighted by atomic mass is 16.3. The van der Waals surface area contributed by atoms with Gasteiger partial charge in [0.25, 0.3) is 0 Å². The quantitative estimate of drug-likeness (QED) is 0.790. The van der Waals surface area contributed by atoms with Gasteiger partial charge in [0.1, 0.15) is 0 Å². The molecule has 1 amide bonds. The maximum atomic E-state index is 12.1. The Balaban J connectivity index is 4.62. The summed E-state index contributed by atoms with van der Waals surface area (Å²) in [6, 6.07) is 0.260. The van der Waals surface area contributed by atoms with Crippen LogP contribution in [0.1, 0.15) is 34.6 Å². The van der Waals surface area contributed by atoms with Crippen molar-refractivity contribution in [2.45, 2.75) is 46.7 Å². The van der Waals surface area contributed by atoms with Gasteiger partial charge in [-0.1, -0.05) is 20.8 Å². The van der Waals surface area contributed by atoms with Gasteiger partial charge in [0, 0.05) is 25.0 Å². The van der Waals surface area contributed by atoms with Gasteiger partial charge < -0.3 is 14.9 Å². The molecule has 0 aromatic heterocycles. The third kappa shape index (κ3) is 5.04. The highest BCUT2D eigenvalue weighted by molar-refractivity contribution is 5.81. The Kier molecular flexibility index (Phi) is 6.13. The number of aliphatic hydroxyl groups is 1. The molecule has 0 saturated heterocycles. The van der Waals surface area contributed by atoms with E-state index in [2.05, 4.69) is 18.7 Å². The summed E-state index contributed by atoms with van der Waals surface area (Å²) >= 11 is 0. The molecular weight excluding hydrogens is 216 g/mol. The molecule has 0 aliphatic carbocycles. The number of amides is 1. The fourth-order valence-electron chi connectivity index (χ4n) is 1.54. The molecule has 0 heterocycles. The van der Waals surface area contributed by atoms with Crippen molar-refractivity contribution in [1.29, 1.82) is 0 Å². The number of nitrogens with zero attached hydrogens (tertiary/aromatic N) is 2. The molecule has 0 fully saturated rings. The third-order valence-electron chi connectivity index (χ3n) is 3.10. The van der Waals surface area contributed by atoms with Gasteiger partial charge in [0.2, 0.25) is 5.91 Å². The predicted octanol–water partition coefficient (Wildman–Crippen LogP) is 1.19. The molecule has 0 saturated carbocycles. The fourth-order valence-corrected chi connectivity index (χ4v) is 1.54. The van der Waals surface area contributed by atoms with Crippen molar-refractivity contribution >= 4 is 5.91 Å². The molecule has 0 rings (SSSR count). The van der Waals surface area contributed by atoms with E-state index in [1.807, 2.05) is 27.8 Å². The lowest BCUT2D eigenvalue weighted by Gasteiger charge is -2.35. The normalized spacial score (nSPS) is 14.2. The Morgan fingerprint density at radius 3 is 2.00 bits per heavy atom. The third-order valence-corrected chi connectivity index (χ3v) is 3.10. The summed E-state index contributed by atoms with van der Waals surface area (Å²) in [4.78, 5) is 15.9. The summed E-state index contributed by atoms with van der Waals surface area (Å²) in [6.45, 7) is 10.6. The van der Waals surface area contributed by atoms with E-state index in [1.165, 1.54) is 0 Å². The average molecular weight is 244 g/mol. The van der Waals surface area contributed by atoms with Crippen LogP contribution in [0.25, 0.3) is 0 Å². The molecule has 0 aromatic rings. The molecule has 102 valence electrons. The van der Waals surface area contributed by atoms with Crippen LogP contribution in [0.3, 0.4) is 0 Å². The van der Waals surface area contributed by atoms with Gasteiger partial charge in [-0.15, -0.1) is 0 Å². The number of likely N-dealkylation sites (N-methyl/N-ethyl adjacent to an activating group) is 2. The maximum absolute atomic E-state index is 12.1. The van der Waals surface area contributed by atoms with Crippen LogP contribution < -0.4 is 0 Å². The van der Waals surface area contributed by atoms with Gasteiger partial charge in [0.05, 0.1) is 12.6 Å². The minimum absolute atomic E-state index is 0.00458. The molecule has 17 heavy (non-hydrogen) atoms. The van der Waals surface area contributed by atoms with Crippen molar-refractivity contribution < 1.29 is 9.90 Å². The van der Waals surface area contributed by atoms with Gasteiger partial charge in [-0.25, -0.2) is 0 Å². The number of hydrogen-bond donors (Lipinski definition) is 1. The predicted molar refractivity (Wildman–Crippen MR) is 70.9 cm³/mol. The summed E-state index contributed by atoms with van der Waals surface area (Å²) in [5.74, 6) is 0.0636. The SMILES string of the molecule is CC(C)N(C)CC(CO)N(C)C(=O)C(C)(C)C. The van der Waals surface area contributed by atoms with Gasteiger partial charge in [-0.2, -0.15) is 0 Å². The second-order valence-electron chi connectivity index (χ2n) is 6.04. The molecule has 0 aliphatic heterocycles. The lowest BCUT2D eigenvalue weighted by molar-refractivity contribution is -0.141. The molecule has 1 N–H and O–H groups in total. The molecule has 0 aromatic carbocycles. The molecule has 4 nitrogen and oxygen atoms in total. The minimum atomic E-state index is -0.404. The van der Waals surface area contributed by atoms with E-state index in [-0.39, 0.29) is 18.6 Å². The van der Waals surface area contributed by atoms with Crippen LogP contribution in [0.5, 0.6) is 0 Å². The zero-order valence-corrected chi connectivity index (χ0v) is 12.3. The van der Waals surface area contributed by atoms with Crippen LogP contribution >= 0.6 is 0 Å². The first-order valence-electron chi connectivity index (χ1n) is 6.19. The highest BCUT2D eigenvalue weighted by Crippen LogP contribution is 2.18. The van der Waals surface area contributed by atoms with Crippen LogP contribution in [0.4, 0.5) is 0 Å². The zero-order valence-electron chi connectivity index (χ0n) is 12.3. The second kappa shape index (κ2) is 6.36. The topological polar surface area (TPSA) is 43.8 Å². The zero-order chi connectivity index (χ0) is 13.8. The standard InChI is InChI=1S/C13H28N2O2/c1-10(2)14(6)8-11(9-16)15(7)12(17)13(3,4)5/h10-11,16H,8-9H2,1-7H3. The van der Waals surface area contributed by atoms with Crippen molar-refractivity contribution in [3.05, 3.63) is 0 Å². The Morgan fingerprint density at radius 2 is 1.71 bits per heavy atom. The van der Waals surface area contributed by atoms with Crippen LogP contribution in [0.2, 0.25) is 0 Å². The lowest BCUT2D eigenvalue weighted by Crippen LogP contribution is -2.50. The van der Waals surface area contributed by atoms with Crippen LogP contribution in [-0.4, -0.2) is 60.1 Å². The van der Waals surface area contributed by atoms with Crippen LogP contribution in [-0.2, 0) is 4.79 Å². The Hall–Kier alpha value is -0.610. The Bertz CT molecular complexity index is 246. The van der Waals surface area contributed by atoms with E-state index in [0.29, 0.717) is 12.6 Å². The average Bonchev–Trinajstić information content (AvgIpc) is 2.21. The van der Waals surface area contributed by atoms with E-state index >= 15 is 0 Å². The monoisotopic (exact) mass is 244 g/mol. The number of rotatable bonds is 5. The first-order chi connectivity index (χ1) is 7.61. The summed E-state index contributed by atoms with van der Waals surface area (Å²) in [5.41, 5.74) is -0.404. The van der Waals surface area contributed by atoms with Crippen molar-refractivity contribution in [1.82, 2.24) is 9.80 Å². The first-order valence-corrected chi connectivity index (χ1v) is 6.19. The first kappa shape index (κ1) is 16.4. The van der Waals surface area contributed by atoms with Crippen molar-refractivity contribution in [2.24, 2.45) is 5.41 Å². The van der Waals surface area contributed by atoms with Gasteiger partial charge in [-0.05, 0) is 20.9 Å². The largest absolute Gasteiger partial charge is 0.394 e. The number of carbonyl (C=O) groups excluding carboxylic acids is 1. The van der Waals surface area contributed by atoms with Gasteiger partial charge in [-0.3, -0.25) is 4.79 Å². The molecule has 4 heteroatoms. The maximum Gasteiger partial charge on any atom is 0.228 e. The Labute approximate surface area is 106 Å². The lowest BCUT2D eigenvalue weighted by atomic mass is 9.94. The Morgan fingerprint density at radius 1 is 1.24 bits per heavy atom. The molecular formula is C13H28N2O2. The summed E-state index contributed by atoms with van der Waals surface area (Å²) in [7, 11) is 3.77. The number of hydrogen-bond acceptors (Lipinski definition) is 3. The molecule has 0 radical (unpaired) electrons. The highest BCUT2D eigenvalue weighted by Gasteiger charge is 2.29. The van der Waals surface area contributed by atoms with E-state index in [4.69, 9.17) is 0 Å². The molecule has 1 atom stereocenters. The fraction of sp³-hybridized carbons (Fsp3) is 0.923. The number of aliphatic hydroxyl groups excluding tert-OH is 1. The molecule has 0 bridgehead atoms. The summed E-state index contributed by atoms with van der Waals surface area (Å²) in [6.07, 6.45) is 0. The van der Waals surface area contributed by atoms with E-state index in [0.717, 1.165) is 0 Å². The minimum Gasteiger partial charge on any atom is -0.394 e. The van der Waals surface area contributed by atoms with E-state index in [9.17, 15) is 9.90 Å². The van der Waals surface area contributed by atoms with E-state index in [1.54, 1.807) is 11.9 Å². The van der Waals surface area contributed by atoms with Gasteiger partial charge in [0.15, 0.2) is 0 Å². The summed E-state index contributed by atoms with van der Waals surface area (Å²) in [5, 5.41) is 9.42. The van der Waals surface area contributed by atoms with Crippen molar-refractivity contribution in [2.75, 3.05) is 27.2 Å². The number of carbonyl (C=O) groups is 1. The van der Waals surface area contributed by atoms with Gasteiger partial charge >= 0.3 is 0 Å². The summed E-state index contributed by atoms with van der Waals surface area (Å²) < 4.78 is 0. The smallest absolute Gasteiger partial charge is 0.228 e. The molecule has 1 unspecified atom stereocenters. The van der Waals surface area contributed by atoms with Crippen molar-refractivity contribution in [3.63, 3.8) is 0 Å². The van der Waals surface area contributed by atoms with Crippen LogP contribution in [0, 0.1) is 5.41 Å². The molecule has 0 spiro atoms. The van der Waals surface area contributed by atoms with Crippen LogP contribution in [0.15, 0.2) is 0 Å². The molecule has 0 aliphatic rings. The van der Waals surface area contributed by atoms with Crippen molar-refractivity contribution in [3.8, 4) is 0 Å².